The Kier molecular flexibility index (Phi) is 5.79. The van der Waals surface area contributed by atoms with Gasteiger partial charge in [0.25, 0.3) is 11.8 Å². The lowest BCUT2D eigenvalue weighted by Gasteiger charge is -2.26. The second kappa shape index (κ2) is 7.92. The highest BCUT2D eigenvalue weighted by Gasteiger charge is 2.36. The third-order valence-corrected chi connectivity index (χ3v) is 5.32. The third-order valence-electron chi connectivity index (χ3n) is 3.72. The molecule has 0 aliphatic carbocycles. The molecule has 1 saturated heterocycles. The molecule has 9 heteroatoms. The lowest BCUT2D eigenvalue weighted by molar-refractivity contribution is -0.122. The van der Waals surface area contributed by atoms with E-state index in [4.69, 9.17) is 4.74 Å². The second-order valence-electron chi connectivity index (χ2n) is 5.45. The quantitative estimate of drug-likeness (QED) is 0.336. The minimum atomic E-state index is -0.882. The van der Waals surface area contributed by atoms with Gasteiger partial charge in [0.15, 0.2) is 0 Å². The number of carbonyl (C=O) groups excluding carboxylic acids is 3. The van der Waals surface area contributed by atoms with E-state index in [9.17, 15) is 18.8 Å². The molecule has 1 heterocycles. The summed E-state index contributed by atoms with van der Waals surface area (Å²) in [7, 11) is 1.56. The van der Waals surface area contributed by atoms with Crippen molar-refractivity contribution in [1.82, 2.24) is 5.32 Å². The highest BCUT2D eigenvalue weighted by atomic mass is 127. The number of urea groups is 1. The van der Waals surface area contributed by atoms with Crippen molar-refractivity contribution in [3.05, 3.63) is 60.5 Å². The van der Waals surface area contributed by atoms with Crippen LogP contribution < -0.4 is 15.0 Å². The third kappa shape index (κ3) is 3.98. The van der Waals surface area contributed by atoms with E-state index in [-0.39, 0.29) is 11.3 Å². The van der Waals surface area contributed by atoms with E-state index in [2.05, 4.69) is 50.5 Å². The van der Waals surface area contributed by atoms with Crippen molar-refractivity contribution in [2.75, 3.05) is 12.0 Å². The van der Waals surface area contributed by atoms with Gasteiger partial charge in [-0.2, -0.15) is 0 Å². The number of hydrogen-bond acceptors (Lipinski definition) is 4. The summed E-state index contributed by atoms with van der Waals surface area (Å²) >= 11 is 4.18. The normalized spacial score (nSPS) is 15.9. The van der Waals surface area contributed by atoms with Crippen LogP contribution in [0.25, 0.3) is 6.08 Å². The van der Waals surface area contributed by atoms with E-state index in [1.165, 1.54) is 18.2 Å². The summed E-state index contributed by atoms with van der Waals surface area (Å²) in [6.45, 7) is 0. The van der Waals surface area contributed by atoms with Crippen LogP contribution in [0.15, 0.2) is 42.0 Å². The zero-order valence-electron chi connectivity index (χ0n) is 13.8. The number of amides is 4. The van der Waals surface area contributed by atoms with Gasteiger partial charge in [0.05, 0.1) is 19.9 Å². The molecule has 4 amide bonds. The zero-order chi connectivity index (χ0) is 19.7. The van der Waals surface area contributed by atoms with Crippen LogP contribution in [0.3, 0.4) is 0 Å². The second-order valence-corrected chi connectivity index (χ2v) is 7.78. The van der Waals surface area contributed by atoms with E-state index >= 15 is 0 Å². The number of benzene rings is 2. The van der Waals surface area contributed by atoms with Gasteiger partial charge in [-0.05, 0) is 93.2 Å². The number of barbiturate groups is 1. The zero-order valence-corrected chi connectivity index (χ0v) is 18.1. The van der Waals surface area contributed by atoms with Gasteiger partial charge in [-0.15, -0.1) is 0 Å². The summed E-state index contributed by atoms with van der Waals surface area (Å²) in [6.07, 6.45) is 1.41. The molecule has 1 aliphatic rings. The molecule has 2 aromatic carbocycles. The van der Waals surface area contributed by atoms with E-state index < -0.39 is 23.7 Å². The Balaban J connectivity index is 2.03. The van der Waals surface area contributed by atoms with Crippen LogP contribution in [-0.2, 0) is 9.59 Å². The maximum Gasteiger partial charge on any atom is 0.335 e. The van der Waals surface area contributed by atoms with Crippen molar-refractivity contribution in [2.24, 2.45) is 0 Å². The molecular formula is C18H11FI2N2O4. The summed E-state index contributed by atoms with van der Waals surface area (Å²) < 4.78 is 20.0. The van der Waals surface area contributed by atoms with Crippen LogP contribution in [0.4, 0.5) is 14.9 Å². The van der Waals surface area contributed by atoms with E-state index in [0.29, 0.717) is 11.3 Å². The summed E-state index contributed by atoms with van der Waals surface area (Å²) in [4.78, 5) is 37.9. The molecule has 0 spiro atoms. The molecule has 0 atom stereocenters. The lowest BCUT2D eigenvalue weighted by Crippen LogP contribution is -2.54. The molecule has 3 rings (SSSR count). The number of ether oxygens (including phenoxy) is 1. The maximum atomic E-state index is 13.1. The van der Waals surface area contributed by atoms with Crippen LogP contribution >= 0.6 is 45.2 Å². The highest BCUT2D eigenvalue weighted by molar-refractivity contribution is 14.1. The standard InChI is InChI=1S/C18H11FI2N2O4/c1-27-15-13(20)7-9(8-14(15)21)6-12-16(24)22-18(26)23(17(12)25)11-4-2-10(19)3-5-11/h2-8H,1H3,(H,22,24,26)/b12-6+. The van der Waals surface area contributed by atoms with E-state index in [1.54, 1.807) is 19.2 Å². The van der Waals surface area contributed by atoms with Crippen LogP contribution in [0.1, 0.15) is 5.56 Å². The predicted molar refractivity (Wildman–Crippen MR) is 114 cm³/mol. The predicted octanol–water partition coefficient (Wildman–Crippen LogP) is 3.71. The number of methoxy groups -OCH3 is 1. The number of halogens is 3. The average molecular weight is 592 g/mol. The first kappa shape index (κ1) is 19.7. The monoisotopic (exact) mass is 592 g/mol. The van der Waals surface area contributed by atoms with Crippen molar-refractivity contribution >= 4 is 74.8 Å². The molecule has 6 nitrogen and oxygen atoms in total. The number of imide groups is 2. The minimum absolute atomic E-state index is 0.163. The Morgan fingerprint density at radius 2 is 1.67 bits per heavy atom. The highest BCUT2D eigenvalue weighted by Crippen LogP contribution is 2.30. The molecular weight excluding hydrogens is 581 g/mol. The molecule has 0 saturated carbocycles. The van der Waals surface area contributed by atoms with Crippen molar-refractivity contribution < 1.29 is 23.5 Å². The van der Waals surface area contributed by atoms with Crippen LogP contribution in [-0.4, -0.2) is 25.0 Å². The molecule has 27 heavy (non-hydrogen) atoms. The summed E-state index contributed by atoms with van der Waals surface area (Å²) in [5.74, 6) is -1.38. The SMILES string of the molecule is COc1c(I)cc(/C=C2\C(=O)NC(=O)N(c3ccc(F)cc3)C2=O)cc1I. The fourth-order valence-electron chi connectivity index (χ4n) is 2.51. The Labute approximate surface area is 181 Å². The number of hydrogen-bond donors (Lipinski definition) is 1. The van der Waals surface area contributed by atoms with Gasteiger partial charge in [-0.3, -0.25) is 14.9 Å². The van der Waals surface area contributed by atoms with E-state index in [1.807, 2.05) is 0 Å². The van der Waals surface area contributed by atoms with Crippen LogP contribution in [0.5, 0.6) is 5.75 Å². The van der Waals surface area contributed by atoms with Gasteiger partial charge in [0, 0.05) is 0 Å². The van der Waals surface area contributed by atoms with Gasteiger partial charge >= 0.3 is 6.03 Å². The first-order valence-corrected chi connectivity index (χ1v) is 9.67. The first-order chi connectivity index (χ1) is 12.8. The van der Waals surface area contributed by atoms with Crippen LogP contribution in [0.2, 0.25) is 0 Å². The van der Waals surface area contributed by atoms with Gasteiger partial charge in [0.2, 0.25) is 0 Å². The largest absolute Gasteiger partial charge is 0.495 e. The minimum Gasteiger partial charge on any atom is -0.495 e. The smallest absolute Gasteiger partial charge is 0.335 e. The van der Waals surface area contributed by atoms with Crippen molar-refractivity contribution in [3.8, 4) is 5.75 Å². The Morgan fingerprint density at radius 3 is 2.22 bits per heavy atom. The molecule has 0 aromatic heterocycles. The van der Waals surface area contributed by atoms with Gasteiger partial charge in [-0.1, -0.05) is 0 Å². The summed E-state index contributed by atoms with van der Waals surface area (Å²) in [5, 5.41) is 2.13. The van der Waals surface area contributed by atoms with Gasteiger partial charge in [0.1, 0.15) is 17.1 Å². The topological polar surface area (TPSA) is 75.7 Å². The van der Waals surface area contributed by atoms with E-state index in [0.717, 1.165) is 24.2 Å². The molecule has 0 radical (unpaired) electrons. The number of carbonyl (C=O) groups is 3. The molecule has 1 aliphatic heterocycles. The van der Waals surface area contributed by atoms with Crippen LogP contribution in [0, 0.1) is 13.0 Å². The summed E-state index contributed by atoms with van der Waals surface area (Å²) in [6, 6.07) is 7.47. The Bertz CT molecular complexity index is 966. The number of rotatable bonds is 3. The fourth-order valence-corrected chi connectivity index (χ4v) is 4.76. The molecule has 1 fully saturated rings. The number of nitrogens with zero attached hydrogens (tertiary/aromatic N) is 1. The van der Waals surface area contributed by atoms with Crippen molar-refractivity contribution in [3.63, 3.8) is 0 Å². The Morgan fingerprint density at radius 1 is 1.07 bits per heavy atom. The fraction of sp³-hybridized carbons (Fsp3) is 0.0556. The molecule has 0 unspecified atom stereocenters. The molecule has 138 valence electrons. The first-order valence-electron chi connectivity index (χ1n) is 7.52. The van der Waals surface area contributed by atoms with Gasteiger partial charge < -0.3 is 4.74 Å². The van der Waals surface area contributed by atoms with Gasteiger partial charge in [-0.25, -0.2) is 14.1 Å². The molecule has 2 aromatic rings. The number of nitrogens with one attached hydrogen (secondary N) is 1. The van der Waals surface area contributed by atoms with Crippen molar-refractivity contribution in [2.45, 2.75) is 0 Å². The maximum absolute atomic E-state index is 13.1. The number of anilines is 1. The lowest BCUT2D eigenvalue weighted by atomic mass is 10.1. The molecule has 0 bridgehead atoms. The van der Waals surface area contributed by atoms with Crippen molar-refractivity contribution in [1.29, 1.82) is 0 Å². The summed E-state index contributed by atoms with van der Waals surface area (Å²) in [5.41, 5.74) is 0.573. The molecule has 1 N–H and O–H groups in total. The average Bonchev–Trinajstić information content (AvgIpc) is 2.60. The Hall–Kier alpha value is -2.02.